The molecule has 3 unspecified atom stereocenters. The molecule has 3 atom stereocenters. The molecule has 0 aromatic rings. The van der Waals surface area contributed by atoms with Crippen molar-refractivity contribution in [2.45, 2.75) is 57.7 Å². The molecule has 0 aromatic heterocycles. The normalized spacial score (nSPS) is 13.8. The van der Waals surface area contributed by atoms with Gasteiger partial charge < -0.3 is 38.3 Å². The van der Waals surface area contributed by atoms with E-state index in [4.69, 9.17) is 22.3 Å². The number of nitrogens with one attached hydrogen (secondary N) is 3. The van der Waals surface area contributed by atoms with Crippen molar-refractivity contribution in [1.82, 2.24) is 16.0 Å². The molecule has 12 heteroatoms. The number of aliphatic carboxylic acids is 1. The van der Waals surface area contributed by atoms with Crippen molar-refractivity contribution in [3.63, 3.8) is 0 Å². The number of unbranched alkanes of at least 4 members (excludes halogenated alkanes) is 1. The number of rotatable bonds is 14. The van der Waals surface area contributed by atoms with E-state index >= 15 is 0 Å². The Kier molecular flexibility index (Phi) is 12.2. The van der Waals surface area contributed by atoms with E-state index in [9.17, 15) is 24.0 Å². The van der Waals surface area contributed by atoms with Crippen molar-refractivity contribution >= 4 is 29.6 Å². The van der Waals surface area contributed by atoms with E-state index in [0.717, 1.165) is 0 Å². The highest BCUT2D eigenvalue weighted by Gasteiger charge is 2.27. The molecular formula is C17H32N6O6. The first-order chi connectivity index (χ1) is 13.5. The lowest BCUT2D eigenvalue weighted by atomic mass is 10.1. The number of hydrogen-bond acceptors (Lipinski definition) is 7. The molecule has 0 spiro atoms. The Balaban J connectivity index is 4.95. The van der Waals surface area contributed by atoms with E-state index in [2.05, 4.69) is 16.0 Å². The Labute approximate surface area is 169 Å². The van der Waals surface area contributed by atoms with Crippen LogP contribution in [0.3, 0.4) is 0 Å². The third-order valence-electron chi connectivity index (χ3n) is 4.06. The molecule has 4 amide bonds. The Morgan fingerprint density at radius 1 is 0.966 bits per heavy atom. The summed E-state index contributed by atoms with van der Waals surface area (Å²) in [6.07, 6.45) is 0.682. The summed E-state index contributed by atoms with van der Waals surface area (Å²) in [6, 6.07) is -3.37. The molecule has 0 radical (unpaired) electrons. The highest BCUT2D eigenvalue weighted by molar-refractivity contribution is 5.93. The van der Waals surface area contributed by atoms with Gasteiger partial charge in [0, 0.05) is 0 Å². The van der Waals surface area contributed by atoms with Crippen LogP contribution < -0.4 is 33.2 Å². The van der Waals surface area contributed by atoms with E-state index in [1.54, 1.807) is 13.8 Å². The first-order valence-corrected chi connectivity index (χ1v) is 9.33. The zero-order valence-electron chi connectivity index (χ0n) is 16.8. The summed E-state index contributed by atoms with van der Waals surface area (Å²) in [5, 5.41) is 16.1. The summed E-state index contributed by atoms with van der Waals surface area (Å²) in [6.45, 7) is 3.49. The van der Waals surface area contributed by atoms with Crippen molar-refractivity contribution in [3.05, 3.63) is 0 Å². The average Bonchev–Trinajstić information content (AvgIpc) is 2.63. The predicted molar refractivity (Wildman–Crippen MR) is 104 cm³/mol. The first kappa shape index (κ1) is 26.3. The van der Waals surface area contributed by atoms with Crippen molar-refractivity contribution in [2.75, 3.05) is 13.1 Å². The predicted octanol–water partition coefficient (Wildman–Crippen LogP) is -2.86. The highest BCUT2D eigenvalue weighted by atomic mass is 16.4. The minimum atomic E-state index is -1.52. The van der Waals surface area contributed by atoms with Gasteiger partial charge in [-0.2, -0.15) is 0 Å². The van der Waals surface area contributed by atoms with Crippen LogP contribution in [0.5, 0.6) is 0 Å². The lowest BCUT2D eigenvalue weighted by Gasteiger charge is -2.21. The number of hydrogen-bond donors (Lipinski definition) is 7. The van der Waals surface area contributed by atoms with Gasteiger partial charge >= 0.3 is 5.97 Å². The van der Waals surface area contributed by atoms with E-state index in [-0.39, 0.29) is 12.3 Å². The fraction of sp³-hybridized carbons (Fsp3) is 0.706. The molecule has 0 bridgehead atoms. The van der Waals surface area contributed by atoms with Crippen LogP contribution in [0.2, 0.25) is 0 Å². The summed E-state index contributed by atoms with van der Waals surface area (Å²) in [5.41, 5.74) is 16.1. The lowest BCUT2D eigenvalue weighted by molar-refractivity contribution is -0.143. The average molecular weight is 416 g/mol. The zero-order valence-corrected chi connectivity index (χ0v) is 16.8. The Morgan fingerprint density at radius 3 is 2.07 bits per heavy atom. The van der Waals surface area contributed by atoms with Crippen LogP contribution in [0, 0.1) is 5.92 Å². The number of carboxylic acid groups (broad SMARTS) is 1. The summed E-state index contributed by atoms with van der Waals surface area (Å²) >= 11 is 0. The number of carbonyl (C=O) groups excluding carboxylic acids is 4. The zero-order chi connectivity index (χ0) is 22.6. The monoisotopic (exact) mass is 416 g/mol. The van der Waals surface area contributed by atoms with Gasteiger partial charge in [-0.05, 0) is 31.7 Å². The summed E-state index contributed by atoms with van der Waals surface area (Å²) < 4.78 is 0. The van der Waals surface area contributed by atoms with Crippen molar-refractivity contribution in [2.24, 2.45) is 23.1 Å². The van der Waals surface area contributed by atoms with Crippen LogP contribution in [0.15, 0.2) is 0 Å². The maximum atomic E-state index is 12.4. The van der Waals surface area contributed by atoms with Gasteiger partial charge in [-0.1, -0.05) is 13.8 Å². The van der Waals surface area contributed by atoms with Crippen molar-refractivity contribution < 1.29 is 29.1 Å². The van der Waals surface area contributed by atoms with Crippen LogP contribution in [0.25, 0.3) is 0 Å². The largest absolute Gasteiger partial charge is 0.480 e. The van der Waals surface area contributed by atoms with E-state index in [1.165, 1.54) is 0 Å². The molecule has 0 rings (SSSR count). The third-order valence-corrected chi connectivity index (χ3v) is 4.06. The van der Waals surface area contributed by atoms with Gasteiger partial charge in [0.05, 0.1) is 19.0 Å². The van der Waals surface area contributed by atoms with Crippen molar-refractivity contribution in [3.8, 4) is 0 Å². The smallest absolute Gasteiger partial charge is 0.326 e. The molecule has 0 saturated heterocycles. The second-order valence-corrected chi connectivity index (χ2v) is 6.96. The molecule has 0 fully saturated rings. The molecule has 0 aliphatic heterocycles. The molecular weight excluding hydrogens is 384 g/mol. The number of primary amides is 1. The summed E-state index contributed by atoms with van der Waals surface area (Å²) in [4.78, 5) is 58.5. The van der Waals surface area contributed by atoms with Crippen LogP contribution in [0.4, 0.5) is 0 Å². The van der Waals surface area contributed by atoms with Crippen LogP contribution in [-0.4, -0.2) is 65.9 Å². The quantitative estimate of drug-likeness (QED) is 0.146. The fourth-order valence-electron chi connectivity index (χ4n) is 2.27. The molecule has 0 heterocycles. The van der Waals surface area contributed by atoms with Crippen LogP contribution >= 0.6 is 0 Å². The minimum Gasteiger partial charge on any atom is -0.480 e. The topological polar surface area (TPSA) is 220 Å². The second kappa shape index (κ2) is 13.4. The molecule has 12 nitrogen and oxygen atoms in total. The molecule has 0 aliphatic rings. The molecule has 166 valence electrons. The maximum Gasteiger partial charge on any atom is 0.326 e. The number of carbonyl (C=O) groups is 5. The van der Waals surface area contributed by atoms with Gasteiger partial charge in [0.2, 0.25) is 23.6 Å². The maximum absolute atomic E-state index is 12.4. The second-order valence-electron chi connectivity index (χ2n) is 6.96. The van der Waals surface area contributed by atoms with E-state index in [0.29, 0.717) is 19.4 Å². The Bertz CT molecular complexity index is 597. The number of nitrogens with two attached hydrogens (primary N) is 3. The molecule has 0 aromatic carbocycles. The third kappa shape index (κ3) is 11.0. The Hall–Kier alpha value is -2.73. The van der Waals surface area contributed by atoms with E-state index in [1.807, 2.05) is 0 Å². The Morgan fingerprint density at radius 2 is 1.59 bits per heavy atom. The van der Waals surface area contributed by atoms with Crippen LogP contribution in [-0.2, 0) is 24.0 Å². The summed E-state index contributed by atoms with van der Waals surface area (Å²) in [5.74, 6) is -4.39. The first-order valence-electron chi connectivity index (χ1n) is 9.33. The van der Waals surface area contributed by atoms with Gasteiger partial charge in [-0.25, -0.2) is 4.79 Å². The molecule has 0 saturated carbocycles. The van der Waals surface area contributed by atoms with Gasteiger partial charge in [-0.3, -0.25) is 19.2 Å². The SMILES string of the molecule is CC(C)C(N)C(=O)NCC(=O)NC(CCCCN)C(=O)NC(CC(N)=O)C(=O)O. The summed E-state index contributed by atoms with van der Waals surface area (Å²) in [7, 11) is 0. The molecule has 29 heavy (non-hydrogen) atoms. The van der Waals surface area contributed by atoms with Gasteiger partial charge in [0.15, 0.2) is 0 Å². The van der Waals surface area contributed by atoms with Crippen LogP contribution in [0.1, 0.15) is 39.5 Å². The highest BCUT2D eigenvalue weighted by Crippen LogP contribution is 2.03. The van der Waals surface area contributed by atoms with Crippen molar-refractivity contribution in [1.29, 1.82) is 0 Å². The number of amides is 4. The van der Waals surface area contributed by atoms with Gasteiger partial charge in [-0.15, -0.1) is 0 Å². The minimum absolute atomic E-state index is 0.119. The number of carboxylic acids is 1. The van der Waals surface area contributed by atoms with Gasteiger partial charge in [0.25, 0.3) is 0 Å². The molecule has 10 N–H and O–H groups in total. The molecule has 0 aliphatic carbocycles. The fourth-order valence-corrected chi connectivity index (χ4v) is 2.27. The van der Waals surface area contributed by atoms with E-state index < -0.39 is 60.7 Å². The van der Waals surface area contributed by atoms with Gasteiger partial charge in [0.1, 0.15) is 12.1 Å². The lowest BCUT2D eigenvalue weighted by Crippen LogP contribution is -2.54. The standard InChI is InChI=1S/C17H32N6O6/c1-9(2)14(20)16(27)21-8-13(25)22-10(5-3-4-6-18)15(26)23-11(17(28)29)7-12(19)24/h9-11,14H,3-8,18,20H2,1-2H3,(H2,19,24)(H,21,27)(H,22,25)(H,23,26)(H,28,29).